The first-order valence-corrected chi connectivity index (χ1v) is 10.1. The molecule has 0 unspecified atom stereocenters. The summed E-state index contributed by atoms with van der Waals surface area (Å²) in [6.45, 7) is 3.87. The third-order valence-corrected chi connectivity index (χ3v) is 5.62. The topological polar surface area (TPSA) is 91.2 Å². The molecule has 4 N–H and O–H groups in total. The molecular weight excluding hydrogens is 364 g/mol. The molecular formula is C23H26N4O2. The molecule has 0 atom stereocenters. The Morgan fingerprint density at radius 1 is 1.10 bits per heavy atom. The minimum absolute atomic E-state index is 0.113. The highest BCUT2D eigenvalue weighted by atomic mass is 16.2. The summed E-state index contributed by atoms with van der Waals surface area (Å²) in [7, 11) is 0. The number of benzene rings is 2. The minimum Gasteiger partial charge on any atom is -0.370 e. The van der Waals surface area contributed by atoms with Gasteiger partial charge in [0.2, 0.25) is 11.8 Å². The molecule has 1 saturated heterocycles. The van der Waals surface area contributed by atoms with Crippen molar-refractivity contribution in [1.82, 2.24) is 4.98 Å². The van der Waals surface area contributed by atoms with Crippen molar-refractivity contribution in [1.29, 1.82) is 0 Å². The Bertz CT molecular complexity index is 1060. The van der Waals surface area contributed by atoms with Crippen LogP contribution in [0.25, 0.3) is 10.9 Å². The lowest BCUT2D eigenvalue weighted by Gasteiger charge is -2.30. The first-order valence-electron chi connectivity index (χ1n) is 10.1. The van der Waals surface area contributed by atoms with Crippen LogP contribution < -0.4 is 16.0 Å². The van der Waals surface area contributed by atoms with E-state index in [1.807, 2.05) is 37.3 Å². The molecule has 1 fully saturated rings. The molecule has 29 heavy (non-hydrogen) atoms. The van der Waals surface area contributed by atoms with Crippen molar-refractivity contribution >= 4 is 34.1 Å². The van der Waals surface area contributed by atoms with E-state index in [1.165, 1.54) is 6.42 Å². The average molecular weight is 390 g/mol. The van der Waals surface area contributed by atoms with E-state index in [2.05, 4.69) is 15.2 Å². The number of rotatable bonds is 5. The van der Waals surface area contributed by atoms with Crippen molar-refractivity contribution in [2.45, 2.75) is 32.6 Å². The van der Waals surface area contributed by atoms with Crippen LogP contribution in [0.4, 0.5) is 11.4 Å². The lowest BCUT2D eigenvalue weighted by molar-refractivity contribution is -0.115. The van der Waals surface area contributed by atoms with Gasteiger partial charge in [-0.2, -0.15) is 0 Å². The number of aryl methyl sites for hydroxylation is 1. The number of aromatic nitrogens is 1. The second-order valence-corrected chi connectivity index (χ2v) is 7.64. The number of aromatic amines is 1. The van der Waals surface area contributed by atoms with E-state index in [9.17, 15) is 9.59 Å². The number of piperidine rings is 1. The number of nitrogens with zero attached hydrogens (tertiary/aromatic N) is 1. The molecule has 2 amide bonds. The van der Waals surface area contributed by atoms with Crippen molar-refractivity contribution in [2.24, 2.45) is 5.73 Å². The van der Waals surface area contributed by atoms with Gasteiger partial charge in [0.05, 0.1) is 17.8 Å². The third-order valence-electron chi connectivity index (χ3n) is 5.62. The molecule has 0 spiro atoms. The molecule has 150 valence electrons. The number of hydrogen-bond donors (Lipinski definition) is 3. The van der Waals surface area contributed by atoms with Crippen LogP contribution in [0.15, 0.2) is 42.5 Å². The monoisotopic (exact) mass is 390 g/mol. The van der Waals surface area contributed by atoms with Crippen LogP contribution in [0.3, 0.4) is 0 Å². The first-order chi connectivity index (χ1) is 14.0. The van der Waals surface area contributed by atoms with Crippen LogP contribution in [0, 0.1) is 6.92 Å². The van der Waals surface area contributed by atoms with Gasteiger partial charge in [-0.15, -0.1) is 0 Å². The molecule has 0 saturated carbocycles. The number of fused-ring (bicyclic) bond motifs is 1. The van der Waals surface area contributed by atoms with E-state index in [4.69, 9.17) is 5.73 Å². The van der Waals surface area contributed by atoms with Crippen molar-refractivity contribution in [2.75, 3.05) is 23.3 Å². The zero-order valence-corrected chi connectivity index (χ0v) is 16.6. The summed E-state index contributed by atoms with van der Waals surface area (Å²) in [6, 6.07) is 13.3. The average Bonchev–Trinajstić information content (AvgIpc) is 3.03. The maximum Gasteiger partial charge on any atom is 0.248 e. The molecule has 1 aliphatic heterocycles. The van der Waals surface area contributed by atoms with Crippen LogP contribution in [0.2, 0.25) is 0 Å². The number of hydrogen-bond acceptors (Lipinski definition) is 3. The van der Waals surface area contributed by atoms with Crippen LogP contribution in [0.5, 0.6) is 0 Å². The highest BCUT2D eigenvalue weighted by molar-refractivity contribution is 6.01. The van der Waals surface area contributed by atoms with E-state index >= 15 is 0 Å². The summed E-state index contributed by atoms with van der Waals surface area (Å²) < 4.78 is 0. The number of primary amides is 1. The van der Waals surface area contributed by atoms with Gasteiger partial charge in [0.25, 0.3) is 0 Å². The third kappa shape index (κ3) is 3.97. The Morgan fingerprint density at radius 3 is 2.62 bits per heavy atom. The molecule has 0 bridgehead atoms. The summed E-state index contributed by atoms with van der Waals surface area (Å²) in [6.07, 6.45) is 3.73. The molecule has 0 aliphatic carbocycles. The van der Waals surface area contributed by atoms with E-state index in [1.54, 1.807) is 12.1 Å². The maximum atomic E-state index is 12.9. The Morgan fingerprint density at radius 2 is 1.86 bits per heavy atom. The lowest BCUT2D eigenvalue weighted by Crippen LogP contribution is -2.30. The van der Waals surface area contributed by atoms with E-state index in [0.717, 1.165) is 53.8 Å². The highest BCUT2D eigenvalue weighted by Crippen LogP contribution is 2.30. The van der Waals surface area contributed by atoms with Gasteiger partial charge in [0.1, 0.15) is 0 Å². The number of nitrogens with one attached hydrogen (secondary N) is 2. The molecule has 6 heteroatoms. The lowest BCUT2D eigenvalue weighted by atomic mass is 10.1. The number of para-hydroxylation sites is 1. The van der Waals surface area contributed by atoms with Gasteiger partial charge in [-0.05, 0) is 56.0 Å². The first kappa shape index (κ1) is 19.1. The SMILES string of the molecule is Cc1[nH]c2ccccc2c1CC(=O)Nc1cc(C(N)=O)ccc1N1CCCCC1. The number of anilines is 2. The smallest absolute Gasteiger partial charge is 0.248 e. The van der Waals surface area contributed by atoms with Crippen LogP contribution >= 0.6 is 0 Å². The Kier molecular flexibility index (Phi) is 5.25. The molecule has 3 aromatic rings. The second-order valence-electron chi connectivity index (χ2n) is 7.64. The number of carbonyl (C=O) groups excluding carboxylic acids is 2. The molecule has 1 aliphatic rings. The van der Waals surface area contributed by atoms with Crippen molar-refractivity contribution in [3.05, 3.63) is 59.3 Å². The molecule has 1 aromatic heterocycles. The zero-order chi connectivity index (χ0) is 20.4. The molecule has 6 nitrogen and oxygen atoms in total. The number of amides is 2. The summed E-state index contributed by atoms with van der Waals surface area (Å²) >= 11 is 0. The predicted molar refractivity (Wildman–Crippen MR) is 116 cm³/mol. The fourth-order valence-electron chi connectivity index (χ4n) is 4.12. The largest absolute Gasteiger partial charge is 0.370 e. The maximum absolute atomic E-state index is 12.9. The van der Waals surface area contributed by atoms with Gasteiger partial charge in [0, 0.05) is 35.2 Å². The number of nitrogens with two attached hydrogens (primary N) is 1. The Hall–Kier alpha value is -3.28. The van der Waals surface area contributed by atoms with E-state index < -0.39 is 5.91 Å². The van der Waals surface area contributed by atoms with Crippen molar-refractivity contribution in [3.8, 4) is 0 Å². The fraction of sp³-hybridized carbons (Fsp3) is 0.304. The highest BCUT2D eigenvalue weighted by Gasteiger charge is 2.19. The summed E-state index contributed by atoms with van der Waals surface area (Å²) in [5, 5.41) is 4.09. The molecule has 2 heterocycles. The van der Waals surface area contributed by atoms with E-state index in [0.29, 0.717) is 11.3 Å². The number of carbonyl (C=O) groups is 2. The van der Waals surface area contributed by atoms with Gasteiger partial charge < -0.3 is 20.9 Å². The van der Waals surface area contributed by atoms with Gasteiger partial charge in [-0.3, -0.25) is 9.59 Å². The van der Waals surface area contributed by atoms with Gasteiger partial charge in [0.15, 0.2) is 0 Å². The second kappa shape index (κ2) is 7.99. The molecule has 2 aromatic carbocycles. The normalized spacial score (nSPS) is 14.2. The van der Waals surface area contributed by atoms with E-state index in [-0.39, 0.29) is 12.3 Å². The van der Waals surface area contributed by atoms with Crippen LogP contribution in [-0.2, 0) is 11.2 Å². The van der Waals surface area contributed by atoms with Gasteiger partial charge >= 0.3 is 0 Å². The van der Waals surface area contributed by atoms with Gasteiger partial charge in [-0.1, -0.05) is 18.2 Å². The van der Waals surface area contributed by atoms with Crippen LogP contribution in [-0.4, -0.2) is 29.9 Å². The molecule has 0 radical (unpaired) electrons. The Balaban J connectivity index is 1.61. The fourth-order valence-corrected chi connectivity index (χ4v) is 4.12. The van der Waals surface area contributed by atoms with Crippen molar-refractivity contribution in [3.63, 3.8) is 0 Å². The van der Waals surface area contributed by atoms with Crippen LogP contribution in [0.1, 0.15) is 40.9 Å². The summed E-state index contributed by atoms with van der Waals surface area (Å²) in [4.78, 5) is 30.2. The zero-order valence-electron chi connectivity index (χ0n) is 16.6. The number of H-pyrrole nitrogens is 1. The Labute approximate surface area is 170 Å². The van der Waals surface area contributed by atoms with Gasteiger partial charge in [-0.25, -0.2) is 0 Å². The predicted octanol–water partition coefficient (Wildman–Crippen LogP) is 3.75. The molecule has 4 rings (SSSR count). The summed E-state index contributed by atoms with van der Waals surface area (Å²) in [5.41, 5.74) is 10.4. The quantitative estimate of drug-likeness (QED) is 0.620. The summed E-state index contributed by atoms with van der Waals surface area (Å²) in [5.74, 6) is -0.615. The minimum atomic E-state index is -0.502. The van der Waals surface area contributed by atoms with Crippen molar-refractivity contribution < 1.29 is 9.59 Å². The standard InChI is InChI=1S/C23H26N4O2/c1-15-18(17-7-3-4-8-19(17)25-15)14-22(28)26-20-13-16(23(24)29)9-10-21(20)27-11-5-2-6-12-27/h3-4,7-10,13,25H,2,5-6,11-12,14H2,1H3,(H2,24,29)(H,26,28).